The summed E-state index contributed by atoms with van der Waals surface area (Å²) in [5, 5.41) is 10.5. The molecule has 0 aromatic rings. The second-order valence-electron chi connectivity index (χ2n) is 17.5. The molecule has 0 aromatic carbocycles. The van der Waals surface area contributed by atoms with Gasteiger partial charge in [-0.05, 0) is 120 Å². The molecule has 46 heavy (non-hydrogen) atoms. The zero-order valence-corrected chi connectivity index (χ0v) is 27.6. The van der Waals surface area contributed by atoms with E-state index in [-0.39, 0.29) is 36.6 Å². The van der Waals surface area contributed by atoms with Crippen LogP contribution in [-0.4, -0.2) is 87.0 Å². The highest BCUT2D eigenvalue weighted by molar-refractivity contribution is 5.10. The highest BCUT2D eigenvalue weighted by Crippen LogP contribution is 2.57. The largest absolute Gasteiger partial charge is 0.381 e. The highest BCUT2D eigenvalue weighted by atomic mass is 16.6. The number of nitrogens with zero attached hydrogens (tertiary/aromatic N) is 1. The van der Waals surface area contributed by atoms with Gasteiger partial charge in [0.25, 0.3) is 0 Å². The molecule has 6 heterocycles. The van der Waals surface area contributed by atoms with Gasteiger partial charge in [-0.25, -0.2) is 0 Å². The van der Waals surface area contributed by atoms with Crippen molar-refractivity contribution in [3.8, 4) is 6.07 Å². The normalized spacial score (nSPS) is 55.4. The quantitative estimate of drug-likeness (QED) is 0.387. The summed E-state index contributed by atoms with van der Waals surface area (Å²) >= 11 is 0. The lowest BCUT2D eigenvalue weighted by Gasteiger charge is -2.59. The molecule has 17 atom stereocenters. The molecule has 4 saturated carbocycles. The van der Waals surface area contributed by atoms with Crippen molar-refractivity contribution in [3.63, 3.8) is 0 Å². The van der Waals surface area contributed by atoms with Crippen LogP contribution in [0.4, 0.5) is 0 Å². The Hall–Kier alpha value is -0.790. The SMILES string of the molecule is N#CC1(OC2C3CC4CC5CC6COCCC6OC5CC4CC3OC3CC4CC5OC6CCOCC6CC5OC4CC32)CCCC1. The fourth-order valence-electron chi connectivity index (χ4n) is 12.8. The summed E-state index contributed by atoms with van der Waals surface area (Å²) in [5.74, 6) is 4.21. The molecule has 0 aromatic heterocycles. The maximum atomic E-state index is 10.5. The third kappa shape index (κ3) is 5.15. The molecule has 10 aliphatic rings. The molecule has 0 bridgehead atoms. The van der Waals surface area contributed by atoms with Gasteiger partial charge < -0.3 is 33.2 Å². The van der Waals surface area contributed by atoms with Gasteiger partial charge in [0.05, 0.1) is 74.2 Å². The van der Waals surface area contributed by atoms with Gasteiger partial charge in [-0.3, -0.25) is 0 Å². The van der Waals surface area contributed by atoms with Crippen molar-refractivity contribution >= 4 is 0 Å². The molecule has 4 aliphatic carbocycles. The van der Waals surface area contributed by atoms with Crippen molar-refractivity contribution < 1.29 is 33.2 Å². The van der Waals surface area contributed by atoms with Gasteiger partial charge in [0.1, 0.15) is 0 Å². The van der Waals surface area contributed by atoms with E-state index in [1.54, 1.807) is 0 Å². The van der Waals surface area contributed by atoms with Gasteiger partial charge in [-0.15, -0.1) is 0 Å². The van der Waals surface area contributed by atoms with E-state index in [9.17, 15) is 5.26 Å². The predicted octanol–water partition coefficient (Wildman–Crippen LogP) is 5.60. The summed E-state index contributed by atoms with van der Waals surface area (Å²) in [6.07, 6.45) is 18.5. The smallest absolute Gasteiger partial charge is 0.154 e. The molecule has 8 heteroatoms. The summed E-state index contributed by atoms with van der Waals surface area (Å²) in [6, 6.07) is 2.70. The Labute approximate surface area is 274 Å². The van der Waals surface area contributed by atoms with Crippen LogP contribution in [0.5, 0.6) is 0 Å². The Morgan fingerprint density at radius 3 is 1.76 bits per heavy atom. The summed E-state index contributed by atoms with van der Waals surface area (Å²) in [4.78, 5) is 0. The third-order valence-electron chi connectivity index (χ3n) is 15.1. The number of ether oxygens (including phenoxy) is 7. The zero-order valence-electron chi connectivity index (χ0n) is 27.6. The Bertz CT molecular complexity index is 1100. The first-order valence-corrected chi connectivity index (χ1v) is 19.5. The number of hydrogen-bond acceptors (Lipinski definition) is 8. The maximum Gasteiger partial charge on any atom is 0.154 e. The fourth-order valence-corrected chi connectivity index (χ4v) is 12.8. The Kier molecular flexibility index (Phi) is 7.79. The molecule has 6 saturated heterocycles. The summed E-state index contributed by atoms with van der Waals surface area (Å²) < 4.78 is 46.8. The Morgan fingerprint density at radius 2 is 1.00 bits per heavy atom. The average Bonchev–Trinajstić information content (AvgIpc) is 3.55. The van der Waals surface area contributed by atoms with E-state index in [1.165, 1.54) is 25.7 Å². The fraction of sp³-hybridized carbons (Fsp3) is 0.974. The first-order valence-electron chi connectivity index (χ1n) is 19.5. The first-order chi connectivity index (χ1) is 22.6. The van der Waals surface area contributed by atoms with Crippen molar-refractivity contribution in [1.82, 2.24) is 0 Å². The van der Waals surface area contributed by atoms with Crippen LogP contribution in [0.25, 0.3) is 0 Å². The predicted molar refractivity (Wildman–Crippen MR) is 167 cm³/mol. The monoisotopic (exact) mass is 637 g/mol. The van der Waals surface area contributed by atoms with Crippen molar-refractivity contribution in [2.75, 3.05) is 26.4 Å². The minimum Gasteiger partial charge on any atom is -0.381 e. The van der Waals surface area contributed by atoms with E-state index in [0.29, 0.717) is 65.7 Å². The lowest BCUT2D eigenvalue weighted by atomic mass is 9.57. The molecule has 10 fully saturated rings. The van der Waals surface area contributed by atoms with Gasteiger partial charge in [0.2, 0.25) is 0 Å². The molecule has 8 nitrogen and oxygen atoms in total. The van der Waals surface area contributed by atoms with Crippen LogP contribution >= 0.6 is 0 Å². The van der Waals surface area contributed by atoms with Crippen LogP contribution < -0.4 is 0 Å². The average molecular weight is 638 g/mol. The van der Waals surface area contributed by atoms with Crippen molar-refractivity contribution in [1.29, 1.82) is 5.26 Å². The van der Waals surface area contributed by atoms with Crippen LogP contribution in [-0.2, 0) is 33.2 Å². The van der Waals surface area contributed by atoms with Crippen molar-refractivity contribution in [2.45, 2.75) is 157 Å². The molecular formula is C38H55NO7. The van der Waals surface area contributed by atoms with Crippen molar-refractivity contribution in [2.24, 2.45) is 47.3 Å². The number of rotatable bonds is 2. The maximum absolute atomic E-state index is 10.5. The lowest BCUT2D eigenvalue weighted by Crippen LogP contribution is -2.63. The van der Waals surface area contributed by atoms with Crippen LogP contribution in [0.3, 0.4) is 0 Å². The zero-order chi connectivity index (χ0) is 30.4. The number of hydrogen-bond donors (Lipinski definition) is 0. The molecule has 0 N–H and O–H groups in total. The van der Waals surface area contributed by atoms with Crippen LogP contribution in [0.15, 0.2) is 0 Å². The third-order valence-corrected chi connectivity index (χ3v) is 15.1. The van der Waals surface area contributed by atoms with Crippen LogP contribution in [0.1, 0.15) is 96.3 Å². The first kappa shape index (κ1) is 30.1. The Morgan fingerprint density at radius 1 is 0.500 bits per heavy atom. The molecule has 0 radical (unpaired) electrons. The van der Waals surface area contributed by atoms with Gasteiger partial charge in [-0.2, -0.15) is 5.26 Å². The molecule has 254 valence electrons. The van der Waals surface area contributed by atoms with E-state index in [4.69, 9.17) is 33.2 Å². The highest BCUT2D eigenvalue weighted by Gasteiger charge is 2.59. The molecular weight excluding hydrogens is 582 g/mol. The number of nitriles is 1. The van der Waals surface area contributed by atoms with E-state index in [1.807, 2.05) is 0 Å². The summed E-state index contributed by atoms with van der Waals surface area (Å²) in [5.41, 5.74) is -0.624. The van der Waals surface area contributed by atoms with E-state index < -0.39 is 5.60 Å². The van der Waals surface area contributed by atoms with Gasteiger partial charge >= 0.3 is 0 Å². The topological polar surface area (TPSA) is 88.4 Å². The van der Waals surface area contributed by atoms with E-state index in [0.717, 1.165) is 97.1 Å². The second kappa shape index (κ2) is 11.9. The van der Waals surface area contributed by atoms with Crippen LogP contribution in [0.2, 0.25) is 0 Å². The van der Waals surface area contributed by atoms with E-state index >= 15 is 0 Å². The molecule has 0 spiro atoms. The van der Waals surface area contributed by atoms with E-state index in [2.05, 4.69) is 6.07 Å². The lowest BCUT2D eigenvalue weighted by molar-refractivity contribution is -0.285. The van der Waals surface area contributed by atoms with Crippen molar-refractivity contribution in [3.05, 3.63) is 0 Å². The molecule has 6 aliphatic heterocycles. The van der Waals surface area contributed by atoms with Gasteiger partial charge in [0, 0.05) is 36.9 Å². The Balaban J connectivity index is 0.896. The molecule has 17 unspecified atom stereocenters. The molecule has 0 amide bonds. The molecule has 10 rings (SSSR count). The summed E-state index contributed by atoms with van der Waals surface area (Å²) in [6.45, 7) is 3.36. The summed E-state index contributed by atoms with van der Waals surface area (Å²) in [7, 11) is 0. The standard InChI is InChI=1S/C38H55NO7/c39-20-38(5-1-2-6-38)46-37-27-11-21-9-23-10-25-18-40-7-3-29(25)42-31(23)12-22(21)13-33(27)45-34-14-24-15-35-36(44-32(24)17-28(34)37)16-26-19-41-8-4-30(26)43-35/h21-37H,1-19H2. The minimum atomic E-state index is -0.624. The second-order valence-corrected chi connectivity index (χ2v) is 17.5. The van der Waals surface area contributed by atoms with Gasteiger partial charge in [-0.1, -0.05) is 0 Å². The van der Waals surface area contributed by atoms with Crippen LogP contribution in [0, 0.1) is 58.7 Å². The number of fused-ring (bicyclic) bond motifs is 8. The van der Waals surface area contributed by atoms with Gasteiger partial charge in [0.15, 0.2) is 5.60 Å². The minimum absolute atomic E-state index is 0.0832.